The summed E-state index contributed by atoms with van der Waals surface area (Å²) in [5.41, 5.74) is 0.163. The highest BCUT2D eigenvalue weighted by Gasteiger charge is 2.47. The molecule has 1 fully saturated rings. The summed E-state index contributed by atoms with van der Waals surface area (Å²) < 4.78 is 52.6. The van der Waals surface area contributed by atoms with Gasteiger partial charge < -0.3 is 19.5 Å². The van der Waals surface area contributed by atoms with Crippen molar-refractivity contribution in [2.45, 2.75) is 42.1 Å². The fraction of sp³-hybridized carbons (Fsp3) is 0.550. The number of fused-ring (bicyclic) bond motifs is 1. The molecule has 31 heavy (non-hydrogen) atoms. The molecule has 1 atom stereocenters. The predicted molar refractivity (Wildman–Crippen MR) is 116 cm³/mol. The zero-order valence-electron chi connectivity index (χ0n) is 18.1. The predicted octanol–water partition coefficient (Wildman–Crippen LogP) is 2.94. The summed E-state index contributed by atoms with van der Waals surface area (Å²) >= 11 is 1.29. The number of sulfonamides is 1. The number of benzene rings is 1. The van der Waals surface area contributed by atoms with Crippen molar-refractivity contribution in [2.75, 3.05) is 38.0 Å². The molecular formula is C20H27FN2O6S2. The molecule has 11 heteroatoms. The molecule has 0 aliphatic carbocycles. The summed E-state index contributed by atoms with van der Waals surface area (Å²) in [4.78, 5) is 13.4. The quantitative estimate of drug-likeness (QED) is 0.382. The fourth-order valence-electron chi connectivity index (χ4n) is 3.79. The number of ether oxygens (including phenoxy) is 2. The first kappa shape index (κ1) is 23.8. The van der Waals surface area contributed by atoms with Gasteiger partial charge >= 0.3 is 5.97 Å². The van der Waals surface area contributed by atoms with E-state index in [1.807, 2.05) is 20.8 Å². The number of carboxylic acids is 1. The van der Waals surface area contributed by atoms with E-state index in [2.05, 4.69) is 4.90 Å². The van der Waals surface area contributed by atoms with Crippen LogP contribution in [0.3, 0.4) is 0 Å². The zero-order valence-corrected chi connectivity index (χ0v) is 19.7. The van der Waals surface area contributed by atoms with E-state index in [4.69, 9.17) is 14.6 Å². The molecule has 2 aliphatic rings. The largest absolute Gasteiger partial charge is 0.476 e. The van der Waals surface area contributed by atoms with Crippen molar-refractivity contribution in [3.8, 4) is 5.75 Å². The summed E-state index contributed by atoms with van der Waals surface area (Å²) in [6.45, 7) is 7.42. The van der Waals surface area contributed by atoms with Gasteiger partial charge in [-0.15, -0.1) is 11.8 Å². The molecule has 2 heterocycles. The normalized spacial score (nSPS) is 23.1. The van der Waals surface area contributed by atoms with Gasteiger partial charge in [0.15, 0.2) is 0 Å². The van der Waals surface area contributed by atoms with E-state index in [9.17, 15) is 17.6 Å². The van der Waals surface area contributed by atoms with Crippen LogP contribution in [-0.2, 0) is 19.6 Å². The number of likely N-dealkylation sites (N-methyl/N-ethyl adjacent to an activating group) is 1. The summed E-state index contributed by atoms with van der Waals surface area (Å²) in [7, 11) is -2.34. The van der Waals surface area contributed by atoms with Crippen LogP contribution in [0.2, 0.25) is 0 Å². The van der Waals surface area contributed by atoms with E-state index in [1.165, 1.54) is 22.1 Å². The molecule has 1 aromatic rings. The lowest BCUT2D eigenvalue weighted by molar-refractivity contribution is -0.134. The standard InChI is InChI=1S/C20H27FN2O6S2/c1-12(2)15-8-23(20(3)10-28-11-20)14-6-17(30-5)16(29-9-13(21)19(24)25)7-18(14)31(26,27)22(15)4/h6-7,9,12,15H,8,10-11H2,1-5H3,(H,24,25)/b13-9-/t15-/m0/s1. The topological polar surface area (TPSA) is 96.4 Å². The molecule has 0 amide bonds. The third kappa shape index (κ3) is 4.28. The van der Waals surface area contributed by atoms with Gasteiger partial charge in [0.05, 0.1) is 29.3 Å². The van der Waals surface area contributed by atoms with Gasteiger partial charge in [0.25, 0.3) is 0 Å². The highest BCUT2D eigenvalue weighted by Crippen LogP contribution is 2.44. The number of carbonyl (C=O) groups is 1. The van der Waals surface area contributed by atoms with Gasteiger partial charge in [0, 0.05) is 25.7 Å². The maximum Gasteiger partial charge on any atom is 0.368 e. The first-order chi connectivity index (χ1) is 14.4. The van der Waals surface area contributed by atoms with Gasteiger partial charge in [-0.2, -0.15) is 8.70 Å². The second-order valence-electron chi connectivity index (χ2n) is 8.29. The van der Waals surface area contributed by atoms with Crippen LogP contribution >= 0.6 is 11.8 Å². The molecule has 3 rings (SSSR count). The van der Waals surface area contributed by atoms with E-state index in [0.29, 0.717) is 36.6 Å². The third-order valence-electron chi connectivity index (χ3n) is 5.77. The Morgan fingerprint density at radius 1 is 1.42 bits per heavy atom. The first-order valence-corrected chi connectivity index (χ1v) is 12.4. The van der Waals surface area contributed by atoms with Crippen molar-refractivity contribution < 1.29 is 32.2 Å². The Kier molecular flexibility index (Phi) is 6.62. The smallest absolute Gasteiger partial charge is 0.368 e. The highest BCUT2D eigenvalue weighted by atomic mass is 32.2. The van der Waals surface area contributed by atoms with E-state index >= 15 is 0 Å². The van der Waals surface area contributed by atoms with E-state index < -0.39 is 21.8 Å². The molecule has 172 valence electrons. The highest BCUT2D eigenvalue weighted by molar-refractivity contribution is 7.98. The van der Waals surface area contributed by atoms with Crippen LogP contribution in [0.5, 0.6) is 5.75 Å². The number of halogens is 1. The van der Waals surface area contributed by atoms with Crippen molar-refractivity contribution in [3.63, 3.8) is 0 Å². The molecule has 1 aromatic carbocycles. The van der Waals surface area contributed by atoms with Gasteiger partial charge in [-0.1, -0.05) is 13.8 Å². The Bertz CT molecular complexity index is 1010. The Hall–Kier alpha value is -1.82. The van der Waals surface area contributed by atoms with Crippen LogP contribution in [0.1, 0.15) is 20.8 Å². The summed E-state index contributed by atoms with van der Waals surface area (Å²) in [5, 5.41) is 8.72. The zero-order chi connectivity index (χ0) is 23.1. The van der Waals surface area contributed by atoms with Gasteiger partial charge in [-0.25, -0.2) is 13.2 Å². The maximum atomic E-state index is 13.5. The van der Waals surface area contributed by atoms with E-state index in [1.54, 1.807) is 19.4 Å². The third-order valence-corrected chi connectivity index (χ3v) is 8.44. The van der Waals surface area contributed by atoms with Gasteiger partial charge in [0.1, 0.15) is 16.9 Å². The minimum Gasteiger partial charge on any atom is -0.476 e. The van der Waals surface area contributed by atoms with Crippen LogP contribution in [0.15, 0.2) is 34.0 Å². The average Bonchev–Trinajstić information content (AvgIpc) is 2.77. The summed E-state index contributed by atoms with van der Waals surface area (Å²) in [6.07, 6.45) is 2.24. The van der Waals surface area contributed by atoms with Crippen LogP contribution in [0.4, 0.5) is 10.1 Å². The van der Waals surface area contributed by atoms with Crippen molar-refractivity contribution >= 4 is 33.4 Å². The molecule has 8 nitrogen and oxygen atoms in total. The number of anilines is 1. The number of hydrogen-bond acceptors (Lipinski definition) is 7. The molecule has 0 saturated carbocycles. The lowest BCUT2D eigenvalue weighted by Gasteiger charge is -2.49. The van der Waals surface area contributed by atoms with Gasteiger partial charge in [-0.05, 0) is 25.2 Å². The molecule has 1 saturated heterocycles. The first-order valence-electron chi connectivity index (χ1n) is 9.73. The lowest BCUT2D eigenvalue weighted by atomic mass is 9.94. The van der Waals surface area contributed by atoms with Crippen molar-refractivity contribution in [1.82, 2.24) is 4.31 Å². The Labute approximate surface area is 186 Å². The molecule has 0 radical (unpaired) electrons. The fourth-order valence-corrected chi connectivity index (χ4v) is 6.00. The van der Waals surface area contributed by atoms with Crippen LogP contribution < -0.4 is 9.64 Å². The Morgan fingerprint density at radius 3 is 2.55 bits per heavy atom. The second kappa shape index (κ2) is 8.61. The van der Waals surface area contributed by atoms with E-state index in [0.717, 1.165) is 0 Å². The summed E-state index contributed by atoms with van der Waals surface area (Å²) in [6, 6.07) is 2.78. The van der Waals surface area contributed by atoms with Crippen molar-refractivity contribution in [3.05, 3.63) is 24.2 Å². The van der Waals surface area contributed by atoms with Gasteiger partial charge in [-0.3, -0.25) is 0 Å². The SMILES string of the molecule is CSc1cc2c(cc1O/C=C(\F)C(=O)O)S(=O)(=O)N(C)[C@H](C(C)C)CN2C1(C)COC1. The summed E-state index contributed by atoms with van der Waals surface area (Å²) in [5.74, 6) is -3.12. The molecular weight excluding hydrogens is 447 g/mol. The number of nitrogens with zero attached hydrogens (tertiary/aromatic N) is 2. The number of carboxylic acid groups (broad SMARTS) is 1. The Morgan fingerprint density at radius 2 is 2.06 bits per heavy atom. The number of aliphatic carboxylic acids is 1. The molecule has 2 aliphatic heterocycles. The van der Waals surface area contributed by atoms with Crippen LogP contribution in [-0.4, -0.2) is 68.4 Å². The van der Waals surface area contributed by atoms with Gasteiger partial charge in [0.2, 0.25) is 15.9 Å². The molecule has 0 unspecified atom stereocenters. The van der Waals surface area contributed by atoms with Crippen molar-refractivity contribution in [1.29, 1.82) is 0 Å². The van der Waals surface area contributed by atoms with Crippen molar-refractivity contribution in [2.24, 2.45) is 5.92 Å². The minimum atomic E-state index is -3.90. The van der Waals surface area contributed by atoms with E-state index in [-0.39, 0.29) is 28.1 Å². The molecule has 0 spiro atoms. The number of rotatable bonds is 6. The van der Waals surface area contributed by atoms with Crippen LogP contribution in [0, 0.1) is 5.92 Å². The monoisotopic (exact) mass is 474 g/mol. The molecule has 0 bridgehead atoms. The van der Waals surface area contributed by atoms with Crippen LogP contribution in [0.25, 0.3) is 0 Å². The second-order valence-corrected chi connectivity index (χ2v) is 11.1. The number of hydrogen-bond donors (Lipinski definition) is 1. The molecule has 0 aromatic heterocycles. The average molecular weight is 475 g/mol. The maximum absolute atomic E-state index is 13.5. The minimum absolute atomic E-state index is 0.0307. The Balaban J connectivity index is 2.21. The lowest BCUT2D eigenvalue weighted by Crippen LogP contribution is -2.63. The number of thioether (sulfide) groups is 1. The molecule has 1 N–H and O–H groups in total.